The molecule has 6 nitrogen and oxygen atoms in total. The molecular weight excluding hydrogens is 350 g/mol. The predicted molar refractivity (Wildman–Crippen MR) is 86.5 cm³/mol. The maximum absolute atomic E-state index is 11.9. The molecule has 0 unspecified atom stereocenters. The van der Waals surface area contributed by atoms with Gasteiger partial charge in [0.05, 0.1) is 26.0 Å². The van der Waals surface area contributed by atoms with E-state index < -0.39 is 0 Å². The van der Waals surface area contributed by atoms with Crippen LogP contribution < -0.4 is 14.9 Å². The number of nitrogens with zero attached hydrogens (tertiary/aromatic N) is 2. The minimum Gasteiger partial charge on any atom is -0.497 e. The summed E-state index contributed by atoms with van der Waals surface area (Å²) >= 11 is 3.26. The molecule has 22 heavy (non-hydrogen) atoms. The van der Waals surface area contributed by atoms with Gasteiger partial charge in [-0.05, 0) is 34.1 Å². The number of hydrogen-bond donors (Lipinski definition) is 1. The van der Waals surface area contributed by atoms with Crippen LogP contribution in [0.3, 0.4) is 0 Å². The third kappa shape index (κ3) is 4.05. The molecule has 0 fully saturated rings. The number of pyridine rings is 1. The zero-order valence-electron chi connectivity index (χ0n) is 12.0. The Balaban J connectivity index is 2.08. The highest BCUT2D eigenvalue weighted by atomic mass is 79.9. The molecular formula is C15H14BrN3O3. The standard InChI is InChI=1S/C15H14BrN3O3/c1-21-13-4-3-10(14(6-13)22-2)8-18-19-15(20)11-5-12(16)9-17-7-11/h3-9H,1-2H3,(H,19,20)/b18-8+. The maximum Gasteiger partial charge on any atom is 0.272 e. The van der Waals surface area contributed by atoms with Crippen LogP contribution in [0.15, 0.2) is 46.2 Å². The first-order chi connectivity index (χ1) is 10.6. The van der Waals surface area contributed by atoms with Crippen molar-refractivity contribution >= 4 is 28.1 Å². The van der Waals surface area contributed by atoms with Crippen LogP contribution in [0, 0.1) is 0 Å². The second kappa shape index (κ2) is 7.56. The molecule has 2 rings (SSSR count). The molecule has 0 aliphatic heterocycles. The lowest BCUT2D eigenvalue weighted by atomic mass is 10.2. The summed E-state index contributed by atoms with van der Waals surface area (Å²) in [5.74, 6) is 0.928. The van der Waals surface area contributed by atoms with Gasteiger partial charge >= 0.3 is 0 Å². The molecule has 1 heterocycles. The lowest BCUT2D eigenvalue weighted by molar-refractivity contribution is 0.0954. The minimum absolute atomic E-state index is 0.350. The van der Waals surface area contributed by atoms with Crippen LogP contribution >= 0.6 is 15.9 Å². The van der Waals surface area contributed by atoms with Gasteiger partial charge in [0.15, 0.2) is 0 Å². The fourth-order valence-electron chi connectivity index (χ4n) is 1.69. The Morgan fingerprint density at radius 3 is 2.77 bits per heavy atom. The fraction of sp³-hybridized carbons (Fsp3) is 0.133. The van der Waals surface area contributed by atoms with E-state index in [9.17, 15) is 4.79 Å². The third-order valence-corrected chi connectivity index (χ3v) is 3.21. The van der Waals surface area contributed by atoms with Crippen molar-refractivity contribution in [3.63, 3.8) is 0 Å². The van der Waals surface area contributed by atoms with Crippen molar-refractivity contribution in [2.45, 2.75) is 0 Å². The highest BCUT2D eigenvalue weighted by Crippen LogP contribution is 2.22. The number of hydrogen-bond acceptors (Lipinski definition) is 5. The monoisotopic (exact) mass is 363 g/mol. The summed E-state index contributed by atoms with van der Waals surface area (Å²) in [5, 5.41) is 3.92. The number of ether oxygens (including phenoxy) is 2. The van der Waals surface area contributed by atoms with E-state index in [1.165, 1.54) is 12.4 Å². The quantitative estimate of drug-likeness (QED) is 0.654. The molecule has 0 atom stereocenters. The zero-order valence-corrected chi connectivity index (χ0v) is 13.6. The van der Waals surface area contributed by atoms with Gasteiger partial charge in [-0.3, -0.25) is 9.78 Å². The van der Waals surface area contributed by atoms with Crippen LogP contribution in [0.2, 0.25) is 0 Å². The molecule has 114 valence electrons. The van der Waals surface area contributed by atoms with Gasteiger partial charge in [-0.1, -0.05) is 0 Å². The van der Waals surface area contributed by atoms with Crippen LogP contribution in [-0.4, -0.2) is 31.3 Å². The number of carbonyl (C=O) groups is 1. The average Bonchev–Trinajstić information content (AvgIpc) is 2.54. The maximum atomic E-state index is 11.9. The summed E-state index contributed by atoms with van der Waals surface area (Å²) in [7, 11) is 3.13. The number of methoxy groups -OCH3 is 2. The van der Waals surface area contributed by atoms with Crippen molar-refractivity contribution < 1.29 is 14.3 Å². The first kappa shape index (κ1) is 16.0. The van der Waals surface area contributed by atoms with E-state index in [1.54, 1.807) is 44.7 Å². The SMILES string of the molecule is COc1ccc(/C=N/NC(=O)c2cncc(Br)c2)c(OC)c1. The van der Waals surface area contributed by atoms with Crippen molar-refractivity contribution in [3.8, 4) is 11.5 Å². The summed E-state index contributed by atoms with van der Waals surface area (Å²) < 4.78 is 11.1. The Morgan fingerprint density at radius 1 is 1.27 bits per heavy atom. The van der Waals surface area contributed by atoms with Gasteiger partial charge in [-0.2, -0.15) is 5.10 Å². The van der Waals surface area contributed by atoms with E-state index in [0.717, 1.165) is 10.0 Å². The molecule has 1 amide bonds. The van der Waals surface area contributed by atoms with Crippen molar-refractivity contribution in [1.29, 1.82) is 0 Å². The largest absolute Gasteiger partial charge is 0.497 e. The third-order valence-electron chi connectivity index (χ3n) is 2.78. The highest BCUT2D eigenvalue weighted by molar-refractivity contribution is 9.10. The number of benzene rings is 1. The number of amides is 1. The predicted octanol–water partition coefficient (Wildman–Crippen LogP) is 2.63. The highest BCUT2D eigenvalue weighted by Gasteiger charge is 2.06. The van der Waals surface area contributed by atoms with E-state index in [1.807, 2.05) is 0 Å². The summed E-state index contributed by atoms with van der Waals surface area (Å²) in [6.07, 6.45) is 4.56. The smallest absolute Gasteiger partial charge is 0.272 e. The van der Waals surface area contributed by atoms with E-state index in [-0.39, 0.29) is 5.91 Å². The second-order valence-electron chi connectivity index (χ2n) is 4.20. The van der Waals surface area contributed by atoms with Gasteiger partial charge in [0.1, 0.15) is 11.5 Å². The summed E-state index contributed by atoms with van der Waals surface area (Å²) in [6.45, 7) is 0. The summed E-state index contributed by atoms with van der Waals surface area (Å²) in [4.78, 5) is 15.8. The number of carbonyl (C=O) groups excluding carboxylic acids is 1. The number of rotatable bonds is 5. The van der Waals surface area contributed by atoms with E-state index in [2.05, 4.69) is 31.4 Å². The normalized spacial score (nSPS) is 10.5. The van der Waals surface area contributed by atoms with E-state index in [0.29, 0.717) is 17.1 Å². The van der Waals surface area contributed by atoms with Crippen LogP contribution in [0.25, 0.3) is 0 Å². The first-order valence-electron chi connectivity index (χ1n) is 6.30. The Hall–Kier alpha value is -2.41. The van der Waals surface area contributed by atoms with Gasteiger partial charge in [0.25, 0.3) is 5.91 Å². The number of aromatic nitrogens is 1. The summed E-state index contributed by atoms with van der Waals surface area (Å²) in [5.41, 5.74) is 3.57. The van der Waals surface area contributed by atoms with Crippen LogP contribution in [-0.2, 0) is 0 Å². The first-order valence-corrected chi connectivity index (χ1v) is 7.09. The minimum atomic E-state index is -0.350. The fourth-order valence-corrected chi connectivity index (χ4v) is 2.05. The molecule has 0 bridgehead atoms. The number of nitrogens with one attached hydrogen (secondary N) is 1. The second-order valence-corrected chi connectivity index (χ2v) is 5.11. The van der Waals surface area contributed by atoms with Gasteiger partial charge in [0.2, 0.25) is 0 Å². The van der Waals surface area contributed by atoms with Gasteiger partial charge in [-0.15, -0.1) is 0 Å². The van der Waals surface area contributed by atoms with Gasteiger partial charge < -0.3 is 9.47 Å². The Labute approximate surface area is 136 Å². The van der Waals surface area contributed by atoms with E-state index in [4.69, 9.17) is 9.47 Å². The van der Waals surface area contributed by atoms with Gasteiger partial charge in [0, 0.05) is 28.5 Å². The molecule has 0 aliphatic rings. The Bertz CT molecular complexity index is 704. The average molecular weight is 364 g/mol. The van der Waals surface area contributed by atoms with E-state index >= 15 is 0 Å². The number of hydrazone groups is 1. The van der Waals surface area contributed by atoms with Crippen LogP contribution in [0.1, 0.15) is 15.9 Å². The Kier molecular flexibility index (Phi) is 5.48. The zero-order chi connectivity index (χ0) is 15.9. The molecule has 0 saturated carbocycles. The van der Waals surface area contributed by atoms with Crippen molar-refractivity contribution in [2.24, 2.45) is 5.10 Å². The number of halogens is 1. The summed E-state index contributed by atoms with van der Waals surface area (Å²) in [6, 6.07) is 6.96. The molecule has 0 radical (unpaired) electrons. The molecule has 1 aromatic heterocycles. The topological polar surface area (TPSA) is 72.8 Å². The van der Waals surface area contributed by atoms with Crippen LogP contribution in [0.5, 0.6) is 11.5 Å². The van der Waals surface area contributed by atoms with Crippen molar-refractivity contribution in [2.75, 3.05) is 14.2 Å². The molecule has 0 spiro atoms. The molecule has 0 saturated heterocycles. The molecule has 7 heteroatoms. The lowest BCUT2D eigenvalue weighted by Crippen LogP contribution is -2.17. The molecule has 0 aliphatic carbocycles. The lowest BCUT2D eigenvalue weighted by Gasteiger charge is -2.06. The molecule has 1 N–H and O–H groups in total. The van der Waals surface area contributed by atoms with Gasteiger partial charge in [-0.25, -0.2) is 5.43 Å². The molecule has 1 aromatic carbocycles. The Morgan fingerprint density at radius 2 is 2.09 bits per heavy atom. The van der Waals surface area contributed by atoms with Crippen molar-refractivity contribution in [3.05, 3.63) is 52.3 Å². The van der Waals surface area contributed by atoms with Crippen molar-refractivity contribution in [1.82, 2.24) is 10.4 Å². The van der Waals surface area contributed by atoms with Crippen LogP contribution in [0.4, 0.5) is 0 Å². The molecule has 2 aromatic rings.